The van der Waals surface area contributed by atoms with Crippen molar-refractivity contribution in [1.82, 2.24) is 10.9 Å². The molecule has 3 N–H and O–H groups in total. The number of carbonyl (C=O) groups excluding carboxylic acids is 3. The van der Waals surface area contributed by atoms with Crippen LogP contribution in [0.5, 0.6) is 5.75 Å². The molecule has 31 heavy (non-hydrogen) atoms. The zero-order valence-corrected chi connectivity index (χ0v) is 17.5. The molecule has 1 saturated carbocycles. The molecule has 1 fully saturated rings. The predicted octanol–water partition coefficient (Wildman–Crippen LogP) is 3.69. The molecule has 3 amide bonds. The number of ether oxygens (including phenoxy) is 1. The van der Waals surface area contributed by atoms with Crippen LogP contribution in [0.1, 0.15) is 48.0 Å². The topological polar surface area (TPSA) is 96.5 Å². The molecule has 0 saturated heterocycles. The van der Waals surface area contributed by atoms with E-state index < -0.39 is 11.8 Å². The molecule has 0 heterocycles. The first-order chi connectivity index (χ1) is 15.1. The van der Waals surface area contributed by atoms with Crippen LogP contribution in [-0.4, -0.2) is 24.8 Å². The fourth-order valence-corrected chi connectivity index (χ4v) is 3.52. The SMILES string of the molecule is COc1ccccc1C=CC(=O)NNC(=O)c1ccc(NC(=O)C2CCCCC2)cc1. The van der Waals surface area contributed by atoms with Crippen LogP contribution >= 0.6 is 0 Å². The van der Waals surface area contributed by atoms with Gasteiger partial charge in [-0.25, -0.2) is 0 Å². The van der Waals surface area contributed by atoms with Gasteiger partial charge in [0, 0.05) is 28.8 Å². The van der Waals surface area contributed by atoms with Gasteiger partial charge in [0.25, 0.3) is 11.8 Å². The molecule has 0 unspecified atom stereocenters. The highest BCUT2D eigenvalue weighted by molar-refractivity contribution is 5.99. The minimum atomic E-state index is -0.476. The van der Waals surface area contributed by atoms with E-state index in [9.17, 15) is 14.4 Å². The quantitative estimate of drug-likeness (QED) is 0.490. The van der Waals surface area contributed by atoms with E-state index in [-0.39, 0.29) is 11.8 Å². The molecule has 0 bridgehead atoms. The van der Waals surface area contributed by atoms with Crippen molar-refractivity contribution in [3.05, 3.63) is 65.7 Å². The summed E-state index contributed by atoms with van der Waals surface area (Å²) in [5.74, 6) is -0.187. The number of anilines is 1. The van der Waals surface area contributed by atoms with Crippen LogP contribution < -0.4 is 20.9 Å². The average Bonchev–Trinajstić information content (AvgIpc) is 2.82. The van der Waals surface area contributed by atoms with Gasteiger partial charge in [-0.1, -0.05) is 37.5 Å². The smallest absolute Gasteiger partial charge is 0.269 e. The number of benzene rings is 2. The zero-order valence-electron chi connectivity index (χ0n) is 17.5. The van der Waals surface area contributed by atoms with E-state index in [0.29, 0.717) is 17.0 Å². The van der Waals surface area contributed by atoms with Crippen molar-refractivity contribution in [3.8, 4) is 5.75 Å². The minimum absolute atomic E-state index is 0.0333. The Morgan fingerprint density at radius 2 is 1.65 bits per heavy atom. The molecule has 0 aromatic heterocycles. The molecule has 0 radical (unpaired) electrons. The fraction of sp³-hybridized carbons (Fsp3) is 0.292. The van der Waals surface area contributed by atoms with E-state index in [1.54, 1.807) is 43.5 Å². The molecule has 0 atom stereocenters. The van der Waals surface area contributed by atoms with Crippen molar-refractivity contribution >= 4 is 29.5 Å². The summed E-state index contributed by atoms with van der Waals surface area (Å²) >= 11 is 0. The van der Waals surface area contributed by atoms with Crippen molar-refractivity contribution in [2.75, 3.05) is 12.4 Å². The summed E-state index contributed by atoms with van der Waals surface area (Å²) in [5, 5.41) is 2.91. The second-order valence-corrected chi connectivity index (χ2v) is 7.42. The van der Waals surface area contributed by atoms with Gasteiger partial charge in [-0.3, -0.25) is 25.2 Å². The number of amides is 3. The van der Waals surface area contributed by atoms with Crippen LogP contribution in [0.2, 0.25) is 0 Å². The number of para-hydroxylation sites is 1. The van der Waals surface area contributed by atoms with Gasteiger partial charge in [0.05, 0.1) is 7.11 Å². The van der Waals surface area contributed by atoms with Gasteiger partial charge in [0.2, 0.25) is 5.91 Å². The molecule has 7 nitrogen and oxygen atoms in total. The molecule has 3 rings (SSSR count). The third-order valence-electron chi connectivity index (χ3n) is 5.24. The summed E-state index contributed by atoms with van der Waals surface area (Å²) in [6.07, 6.45) is 8.15. The van der Waals surface area contributed by atoms with E-state index in [1.165, 1.54) is 12.5 Å². The Hall–Kier alpha value is -3.61. The van der Waals surface area contributed by atoms with Crippen molar-refractivity contribution < 1.29 is 19.1 Å². The molecular weight excluding hydrogens is 394 g/mol. The monoisotopic (exact) mass is 421 g/mol. The predicted molar refractivity (Wildman–Crippen MR) is 119 cm³/mol. The lowest BCUT2D eigenvalue weighted by molar-refractivity contribution is -0.120. The molecule has 0 spiro atoms. The van der Waals surface area contributed by atoms with Crippen LogP contribution in [0.15, 0.2) is 54.6 Å². The van der Waals surface area contributed by atoms with Crippen LogP contribution in [0, 0.1) is 5.92 Å². The Morgan fingerprint density at radius 3 is 2.35 bits per heavy atom. The number of rotatable bonds is 6. The van der Waals surface area contributed by atoms with Crippen molar-refractivity contribution in [2.45, 2.75) is 32.1 Å². The van der Waals surface area contributed by atoms with Crippen LogP contribution in [-0.2, 0) is 9.59 Å². The van der Waals surface area contributed by atoms with Gasteiger partial charge in [-0.2, -0.15) is 0 Å². The van der Waals surface area contributed by atoms with Gasteiger partial charge in [0.15, 0.2) is 0 Å². The minimum Gasteiger partial charge on any atom is -0.496 e. The first kappa shape index (κ1) is 22.1. The van der Waals surface area contributed by atoms with Crippen LogP contribution in [0.4, 0.5) is 5.69 Å². The Labute approximate surface area is 181 Å². The van der Waals surface area contributed by atoms with Gasteiger partial charge in [-0.15, -0.1) is 0 Å². The first-order valence-corrected chi connectivity index (χ1v) is 10.4. The van der Waals surface area contributed by atoms with E-state index in [0.717, 1.165) is 31.2 Å². The third kappa shape index (κ3) is 6.44. The molecule has 7 heteroatoms. The zero-order chi connectivity index (χ0) is 22.1. The maximum absolute atomic E-state index is 12.3. The lowest BCUT2D eigenvalue weighted by Gasteiger charge is -2.20. The van der Waals surface area contributed by atoms with E-state index in [4.69, 9.17) is 4.74 Å². The summed E-state index contributed by atoms with van der Waals surface area (Å²) in [5.41, 5.74) is 6.47. The molecule has 2 aromatic rings. The molecule has 162 valence electrons. The largest absolute Gasteiger partial charge is 0.496 e. The second-order valence-electron chi connectivity index (χ2n) is 7.42. The summed E-state index contributed by atoms with van der Waals surface area (Å²) in [7, 11) is 1.56. The molecule has 2 aromatic carbocycles. The number of carbonyl (C=O) groups is 3. The molecule has 1 aliphatic carbocycles. The number of hydrogen-bond donors (Lipinski definition) is 3. The third-order valence-corrected chi connectivity index (χ3v) is 5.24. The van der Waals surface area contributed by atoms with Crippen molar-refractivity contribution in [1.29, 1.82) is 0 Å². The summed E-state index contributed by atoms with van der Waals surface area (Å²) in [6, 6.07) is 13.8. The number of hydrogen-bond acceptors (Lipinski definition) is 4. The van der Waals surface area contributed by atoms with Crippen molar-refractivity contribution in [2.24, 2.45) is 5.92 Å². The maximum Gasteiger partial charge on any atom is 0.269 e. The van der Waals surface area contributed by atoms with Gasteiger partial charge in [0.1, 0.15) is 5.75 Å². The first-order valence-electron chi connectivity index (χ1n) is 10.4. The van der Waals surface area contributed by atoms with E-state index in [1.807, 2.05) is 18.2 Å². The standard InChI is InChI=1S/C24H27N3O4/c1-31-21-10-6-5-7-17(21)13-16-22(28)26-27-24(30)19-11-14-20(15-12-19)25-23(29)18-8-3-2-4-9-18/h5-7,10-16,18H,2-4,8-9H2,1H3,(H,25,29)(H,26,28)(H,27,30). The summed E-state index contributed by atoms with van der Waals surface area (Å²) in [4.78, 5) is 36.5. The lowest BCUT2D eigenvalue weighted by atomic mass is 9.88. The second kappa shape index (κ2) is 11.0. The highest BCUT2D eigenvalue weighted by Gasteiger charge is 2.21. The maximum atomic E-state index is 12.3. The Morgan fingerprint density at radius 1 is 0.935 bits per heavy atom. The van der Waals surface area contributed by atoms with E-state index in [2.05, 4.69) is 16.2 Å². The fourth-order valence-electron chi connectivity index (χ4n) is 3.52. The molecule has 0 aliphatic heterocycles. The number of hydrazine groups is 1. The molecular formula is C24H27N3O4. The average molecular weight is 421 g/mol. The summed E-state index contributed by atoms with van der Waals surface area (Å²) < 4.78 is 5.22. The van der Waals surface area contributed by atoms with Crippen LogP contribution in [0.25, 0.3) is 6.08 Å². The lowest BCUT2D eigenvalue weighted by Crippen LogP contribution is -2.40. The molecule has 1 aliphatic rings. The highest BCUT2D eigenvalue weighted by atomic mass is 16.5. The van der Waals surface area contributed by atoms with Gasteiger partial charge < -0.3 is 10.1 Å². The number of nitrogens with one attached hydrogen (secondary N) is 3. The van der Waals surface area contributed by atoms with Crippen LogP contribution in [0.3, 0.4) is 0 Å². The number of methoxy groups -OCH3 is 1. The van der Waals surface area contributed by atoms with Crippen molar-refractivity contribution in [3.63, 3.8) is 0 Å². The Kier molecular flexibility index (Phi) is 7.81. The summed E-state index contributed by atoms with van der Waals surface area (Å²) in [6.45, 7) is 0. The highest BCUT2D eigenvalue weighted by Crippen LogP contribution is 2.25. The van der Waals surface area contributed by atoms with E-state index >= 15 is 0 Å². The Balaban J connectivity index is 1.48. The Bertz CT molecular complexity index is 948. The van der Waals surface area contributed by atoms with Gasteiger partial charge in [-0.05, 0) is 49.2 Å². The van der Waals surface area contributed by atoms with Gasteiger partial charge >= 0.3 is 0 Å². The normalized spacial score (nSPS) is 14.1.